The Morgan fingerprint density at radius 2 is 1.61 bits per heavy atom. The standard InChI is InChI=1S/C4H6N2.C3H8O3S.H2O4S/c1-6-3-2-5-4-6;1-2-3-7(4,5)6;1-5(2,3)4/h2-4H,1H3;2-3H2,1H3,(H,4,5,6);(H2,1,2,3,4). The molecule has 18 heavy (non-hydrogen) atoms. The van der Waals surface area contributed by atoms with Crippen LogP contribution in [-0.4, -0.2) is 45.8 Å². The summed E-state index contributed by atoms with van der Waals surface area (Å²) in [5.41, 5.74) is 0. The lowest BCUT2D eigenvalue weighted by Crippen LogP contribution is -2.01. The van der Waals surface area contributed by atoms with Crippen molar-refractivity contribution in [1.29, 1.82) is 0 Å². The number of aryl methyl sites for hydroxylation is 1. The second kappa shape index (κ2) is 8.99. The summed E-state index contributed by atoms with van der Waals surface area (Å²) >= 11 is 0. The molecule has 1 rings (SSSR count). The SMILES string of the molecule is CCCS(=O)(=O)O.Cn1ccnc1.O=S(=O)(O)O. The Morgan fingerprint density at radius 3 is 1.67 bits per heavy atom. The number of nitrogens with zero attached hydrogens (tertiary/aromatic N) is 2. The highest BCUT2D eigenvalue weighted by molar-refractivity contribution is 7.85. The Balaban J connectivity index is 0. The second-order valence-electron chi connectivity index (χ2n) is 2.96. The van der Waals surface area contributed by atoms with Gasteiger partial charge < -0.3 is 4.57 Å². The third-order valence-electron chi connectivity index (χ3n) is 1.10. The molecular formula is C7H16N2O7S2. The maximum Gasteiger partial charge on any atom is 0.394 e. The summed E-state index contributed by atoms with van der Waals surface area (Å²) < 4.78 is 61.0. The van der Waals surface area contributed by atoms with Crippen LogP contribution in [0.1, 0.15) is 13.3 Å². The predicted octanol–water partition coefficient (Wildman–Crippen LogP) is 0.0515. The van der Waals surface area contributed by atoms with Crippen molar-refractivity contribution in [2.75, 3.05) is 5.75 Å². The highest BCUT2D eigenvalue weighted by Crippen LogP contribution is 1.83. The van der Waals surface area contributed by atoms with Gasteiger partial charge >= 0.3 is 10.4 Å². The molecule has 0 aromatic carbocycles. The van der Waals surface area contributed by atoms with E-state index in [1.165, 1.54) is 0 Å². The van der Waals surface area contributed by atoms with Gasteiger partial charge in [0.15, 0.2) is 0 Å². The number of imidazole rings is 1. The molecule has 1 aromatic heterocycles. The van der Waals surface area contributed by atoms with E-state index in [-0.39, 0.29) is 5.75 Å². The van der Waals surface area contributed by atoms with Crippen LogP contribution in [0.5, 0.6) is 0 Å². The first-order valence-electron chi connectivity index (χ1n) is 4.52. The smallest absolute Gasteiger partial charge is 0.341 e. The molecule has 0 amide bonds. The summed E-state index contributed by atoms with van der Waals surface area (Å²) in [5, 5.41) is 0. The maximum atomic E-state index is 9.79. The summed E-state index contributed by atoms with van der Waals surface area (Å²) in [7, 11) is -6.40. The van der Waals surface area contributed by atoms with Gasteiger partial charge in [0.1, 0.15) is 0 Å². The van der Waals surface area contributed by atoms with E-state index in [0.717, 1.165) is 0 Å². The zero-order chi connectivity index (χ0) is 14.8. The van der Waals surface area contributed by atoms with E-state index in [4.69, 9.17) is 22.1 Å². The molecular weight excluding hydrogens is 288 g/mol. The lowest BCUT2D eigenvalue weighted by atomic mass is 10.6. The summed E-state index contributed by atoms with van der Waals surface area (Å²) in [4.78, 5) is 3.78. The van der Waals surface area contributed by atoms with Gasteiger partial charge in [-0.05, 0) is 6.42 Å². The van der Waals surface area contributed by atoms with Crippen LogP contribution in [0.25, 0.3) is 0 Å². The minimum Gasteiger partial charge on any atom is -0.341 e. The van der Waals surface area contributed by atoms with Gasteiger partial charge in [0.25, 0.3) is 10.1 Å². The van der Waals surface area contributed by atoms with Crippen LogP contribution >= 0.6 is 0 Å². The zero-order valence-corrected chi connectivity index (χ0v) is 11.5. The van der Waals surface area contributed by atoms with E-state index in [2.05, 4.69) is 4.98 Å². The molecule has 9 nitrogen and oxygen atoms in total. The number of rotatable bonds is 2. The zero-order valence-electron chi connectivity index (χ0n) is 9.83. The molecule has 3 N–H and O–H groups in total. The van der Waals surface area contributed by atoms with Gasteiger partial charge in [-0.2, -0.15) is 16.8 Å². The molecule has 0 atom stereocenters. The van der Waals surface area contributed by atoms with Gasteiger partial charge in [0.05, 0.1) is 12.1 Å². The highest BCUT2D eigenvalue weighted by Gasteiger charge is 1.98. The topological polar surface area (TPSA) is 147 Å². The van der Waals surface area contributed by atoms with Gasteiger partial charge in [0, 0.05) is 19.4 Å². The molecule has 0 aliphatic heterocycles. The van der Waals surface area contributed by atoms with Gasteiger partial charge in [-0.1, -0.05) is 6.92 Å². The highest BCUT2D eigenvalue weighted by atomic mass is 32.3. The van der Waals surface area contributed by atoms with E-state index in [1.807, 2.05) is 17.8 Å². The van der Waals surface area contributed by atoms with Gasteiger partial charge in [-0.3, -0.25) is 13.7 Å². The van der Waals surface area contributed by atoms with Crippen molar-refractivity contribution in [3.05, 3.63) is 18.7 Å². The molecule has 0 aliphatic rings. The summed E-state index contributed by atoms with van der Waals surface area (Å²) in [5.74, 6) is -0.132. The van der Waals surface area contributed by atoms with Crippen LogP contribution < -0.4 is 0 Å². The molecule has 11 heteroatoms. The minimum atomic E-state index is -4.67. The Kier molecular flexibility index (Phi) is 9.66. The summed E-state index contributed by atoms with van der Waals surface area (Å²) in [6.07, 6.45) is 5.86. The Hall–Kier alpha value is -1.01. The monoisotopic (exact) mass is 304 g/mol. The first-order valence-corrected chi connectivity index (χ1v) is 7.53. The molecule has 108 valence electrons. The quantitative estimate of drug-likeness (QED) is 0.649. The van der Waals surface area contributed by atoms with Gasteiger partial charge in [0.2, 0.25) is 0 Å². The largest absolute Gasteiger partial charge is 0.394 e. The van der Waals surface area contributed by atoms with Crippen molar-refractivity contribution in [3.63, 3.8) is 0 Å². The van der Waals surface area contributed by atoms with E-state index in [0.29, 0.717) is 6.42 Å². The van der Waals surface area contributed by atoms with Crippen molar-refractivity contribution in [1.82, 2.24) is 9.55 Å². The van der Waals surface area contributed by atoms with Crippen LogP contribution in [-0.2, 0) is 27.6 Å². The average molecular weight is 304 g/mol. The molecule has 0 fully saturated rings. The molecule has 0 saturated carbocycles. The van der Waals surface area contributed by atoms with Crippen LogP contribution in [0.3, 0.4) is 0 Å². The Bertz CT molecular complexity index is 484. The third kappa shape index (κ3) is 29.4. The molecule has 0 unspecified atom stereocenters. The normalized spacial score (nSPS) is 10.7. The lowest BCUT2D eigenvalue weighted by Gasteiger charge is -1.85. The van der Waals surface area contributed by atoms with Crippen LogP contribution in [0.2, 0.25) is 0 Å². The average Bonchev–Trinajstić information content (AvgIpc) is 2.51. The summed E-state index contributed by atoms with van der Waals surface area (Å²) in [6.45, 7) is 1.69. The van der Waals surface area contributed by atoms with E-state index >= 15 is 0 Å². The van der Waals surface area contributed by atoms with E-state index in [9.17, 15) is 8.42 Å². The molecule has 1 aromatic rings. The summed E-state index contributed by atoms with van der Waals surface area (Å²) in [6, 6.07) is 0. The van der Waals surface area contributed by atoms with Crippen molar-refractivity contribution in [3.8, 4) is 0 Å². The predicted molar refractivity (Wildman–Crippen MR) is 64.1 cm³/mol. The Labute approximate surface area is 106 Å². The fraction of sp³-hybridized carbons (Fsp3) is 0.571. The molecule has 0 spiro atoms. The third-order valence-corrected chi connectivity index (χ3v) is 2.02. The van der Waals surface area contributed by atoms with Crippen LogP contribution in [0, 0.1) is 0 Å². The molecule has 0 radical (unpaired) electrons. The van der Waals surface area contributed by atoms with Crippen LogP contribution in [0.15, 0.2) is 18.7 Å². The molecule has 0 aliphatic carbocycles. The van der Waals surface area contributed by atoms with E-state index < -0.39 is 20.5 Å². The Morgan fingerprint density at radius 1 is 1.17 bits per heavy atom. The maximum absolute atomic E-state index is 9.79. The fourth-order valence-electron chi connectivity index (χ4n) is 0.584. The lowest BCUT2D eigenvalue weighted by molar-refractivity contribution is 0.381. The van der Waals surface area contributed by atoms with E-state index in [1.54, 1.807) is 19.4 Å². The number of hydrogen-bond donors (Lipinski definition) is 3. The molecule has 0 bridgehead atoms. The first kappa shape index (κ1) is 19.3. The van der Waals surface area contributed by atoms with Crippen molar-refractivity contribution < 1.29 is 30.5 Å². The minimum absolute atomic E-state index is 0.132. The second-order valence-corrected chi connectivity index (χ2v) is 5.43. The number of aromatic nitrogens is 2. The van der Waals surface area contributed by atoms with Crippen molar-refractivity contribution in [2.45, 2.75) is 13.3 Å². The molecule has 1 heterocycles. The van der Waals surface area contributed by atoms with Crippen molar-refractivity contribution >= 4 is 20.5 Å². The first-order chi connectivity index (χ1) is 7.95. The van der Waals surface area contributed by atoms with Crippen molar-refractivity contribution in [2.24, 2.45) is 7.05 Å². The molecule has 0 saturated heterocycles. The van der Waals surface area contributed by atoms with Gasteiger partial charge in [-0.15, -0.1) is 0 Å². The van der Waals surface area contributed by atoms with Gasteiger partial charge in [-0.25, -0.2) is 4.98 Å². The fourth-order valence-corrected chi connectivity index (χ4v) is 1.10. The van der Waals surface area contributed by atoms with Crippen LogP contribution in [0.4, 0.5) is 0 Å². The number of hydrogen-bond acceptors (Lipinski definition) is 5.